The summed E-state index contributed by atoms with van der Waals surface area (Å²) in [5.41, 5.74) is 6.38. The Morgan fingerprint density at radius 1 is 1.44 bits per heavy atom. The molecule has 90 valence electrons. The van der Waals surface area contributed by atoms with Gasteiger partial charge in [-0.15, -0.1) is 0 Å². The lowest BCUT2D eigenvalue weighted by molar-refractivity contribution is 0.152. The lowest BCUT2D eigenvalue weighted by atomic mass is 10.1. The molecule has 0 amide bonds. The van der Waals surface area contributed by atoms with Crippen LogP contribution in [-0.4, -0.2) is 27.2 Å². The summed E-state index contributed by atoms with van der Waals surface area (Å²) < 4.78 is 25.6. The smallest absolute Gasteiger partial charge is 0.265 e. The number of halogens is 2. The van der Waals surface area contributed by atoms with Crippen LogP contribution in [0, 0.1) is 0 Å². The van der Waals surface area contributed by atoms with Crippen molar-refractivity contribution in [2.45, 2.75) is 6.43 Å². The molecule has 0 atom stereocenters. The lowest BCUT2D eigenvalue weighted by Gasteiger charge is -2.22. The van der Waals surface area contributed by atoms with Gasteiger partial charge in [0.2, 0.25) is 0 Å². The fourth-order valence-corrected chi connectivity index (χ4v) is 1.50. The van der Waals surface area contributed by atoms with E-state index in [0.717, 1.165) is 6.54 Å². The molecule has 1 aromatic carbocycles. The number of hydrogen-bond donors (Lipinski definition) is 2. The van der Waals surface area contributed by atoms with Gasteiger partial charge in [-0.1, -0.05) is 0 Å². The number of nitrogens with zero attached hydrogens (tertiary/aromatic N) is 1. The molecule has 0 bridgehead atoms. The minimum absolute atomic E-state index is 0.0152. The van der Waals surface area contributed by atoms with Crippen molar-refractivity contribution >= 4 is 11.4 Å². The Labute approximate surface area is 94.2 Å². The minimum Gasteiger partial charge on any atom is -0.399 e. The van der Waals surface area contributed by atoms with Crippen molar-refractivity contribution in [3.05, 3.63) is 23.8 Å². The van der Waals surface area contributed by atoms with E-state index in [2.05, 4.69) is 5.32 Å². The van der Waals surface area contributed by atoms with Gasteiger partial charge in [-0.25, -0.2) is 8.78 Å². The molecule has 0 aliphatic rings. The number of nitrogens with one attached hydrogen (secondary N) is 1. The Balaban J connectivity index is 2.93. The van der Waals surface area contributed by atoms with Gasteiger partial charge in [-0.05, 0) is 25.2 Å². The fraction of sp³-hybridized carbons (Fsp3) is 0.455. The Morgan fingerprint density at radius 3 is 2.69 bits per heavy atom. The summed E-state index contributed by atoms with van der Waals surface area (Å²) >= 11 is 0. The summed E-state index contributed by atoms with van der Waals surface area (Å²) in [5.74, 6) is 0. The largest absolute Gasteiger partial charge is 0.399 e. The first-order chi connectivity index (χ1) is 7.56. The Bertz CT molecular complexity index is 342. The number of benzene rings is 1. The van der Waals surface area contributed by atoms with Crippen molar-refractivity contribution in [2.75, 3.05) is 37.8 Å². The number of nitrogen functional groups attached to an aromatic ring is 1. The summed E-state index contributed by atoms with van der Waals surface area (Å²) in [5, 5.41) is 2.97. The SMILES string of the molecule is CNCCN(C)c1ccc(N)cc1C(F)F. The van der Waals surface area contributed by atoms with Crippen LogP contribution in [0.15, 0.2) is 18.2 Å². The van der Waals surface area contributed by atoms with Crippen LogP contribution in [0.4, 0.5) is 20.2 Å². The number of likely N-dealkylation sites (N-methyl/N-ethyl adjacent to an activating group) is 2. The first-order valence-electron chi connectivity index (χ1n) is 5.09. The van der Waals surface area contributed by atoms with Gasteiger partial charge in [0.25, 0.3) is 6.43 Å². The highest BCUT2D eigenvalue weighted by molar-refractivity contribution is 5.59. The van der Waals surface area contributed by atoms with Crippen molar-refractivity contribution in [3.63, 3.8) is 0 Å². The average Bonchev–Trinajstić information content (AvgIpc) is 2.25. The zero-order valence-electron chi connectivity index (χ0n) is 9.50. The monoisotopic (exact) mass is 229 g/mol. The number of anilines is 2. The molecule has 3 nitrogen and oxygen atoms in total. The van der Waals surface area contributed by atoms with E-state index in [1.807, 2.05) is 7.05 Å². The molecule has 0 aliphatic heterocycles. The third kappa shape index (κ3) is 3.06. The molecule has 5 heteroatoms. The van der Waals surface area contributed by atoms with E-state index in [1.54, 1.807) is 24.1 Å². The standard InChI is InChI=1S/C11H17F2N3/c1-15-5-6-16(2)10-4-3-8(14)7-9(10)11(12)13/h3-4,7,11,15H,5-6,14H2,1-2H3. The van der Waals surface area contributed by atoms with Crippen molar-refractivity contribution in [2.24, 2.45) is 0 Å². The van der Waals surface area contributed by atoms with E-state index < -0.39 is 6.43 Å². The Morgan fingerprint density at radius 2 is 2.12 bits per heavy atom. The second-order valence-electron chi connectivity index (χ2n) is 3.64. The molecule has 0 unspecified atom stereocenters. The topological polar surface area (TPSA) is 41.3 Å². The molecule has 0 aliphatic carbocycles. The number of hydrogen-bond acceptors (Lipinski definition) is 3. The molecule has 1 aromatic rings. The third-order valence-electron chi connectivity index (χ3n) is 2.40. The molecule has 0 fully saturated rings. The maximum absolute atomic E-state index is 12.8. The zero-order valence-corrected chi connectivity index (χ0v) is 9.50. The van der Waals surface area contributed by atoms with Crippen molar-refractivity contribution in [1.82, 2.24) is 5.32 Å². The summed E-state index contributed by atoms with van der Waals surface area (Å²) in [6.07, 6.45) is -2.50. The Kier molecular flexibility index (Phi) is 4.49. The van der Waals surface area contributed by atoms with Gasteiger partial charge < -0.3 is 16.0 Å². The number of rotatable bonds is 5. The molecular formula is C11H17F2N3. The van der Waals surface area contributed by atoms with Crippen LogP contribution in [0.1, 0.15) is 12.0 Å². The second kappa shape index (κ2) is 5.65. The predicted molar refractivity (Wildman–Crippen MR) is 63.0 cm³/mol. The van der Waals surface area contributed by atoms with Gasteiger partial charge >= 0.3 is 0 Å². The van der Waals surface area contributed by atoms with Gasteiger partial charge in [0.05, 0.1) is 0 Å². The van der Waals surface area contributed by atoms with E-state index in [9.17, 15) is 8.78 Å². The van der Waals surface area contributed by atoms with E-state index in [1.165, 1.54) is 6.07 Å². The highest BCUT2D eigenvalue weighted by Gasteiger charge is 2.15. The van der Waals surface area contributed by atoms with Gasteiger partial charge in [-0.2, -0.15) is 0 Å². The predicted octanol–water partition coefficient (Wildman–Crippen LogP) is 1.86. The molecule has 0 saturated heterocycles. The van der Waals surface area contributed by atoms with Crippen LogP contribution in [0.2, 0.25) is 0 Å². The van der Waals surface area contributed by atoms with E-state index >= 15 is 0 Å². The van der Waals surface area contributed by atoms with Crippen LogP contribution < -0.4 is 16.0 Å². The van der Waals surface area contributed by atoms with Crippen molar-refractivity contribution in [3.8, 4) is 0 Å². The molecule has 1 rings (SSSR count). The normalized spacial score (nSPS) is 10.8. The summed E-state index contributed by atoms with van der Waals surface area (Å²) in [4.78, 5) is 1.79. The average molecular weight is 229 g/mol. The molecule has 0 spiro atoms. The molecule has 0 aromatic heterocycles. The van der Waals surface area contributed by atoms with E-state index in [0.29, 0.717) is 17.9 Å². The Hall–Kier alpha value is -1.36. The molecule has 0 saturated carbocycles. The summed E-state index contributed by atoms with van der Waals surface area (Å²) in [7, 11) is 3.61. The van der Waals surface area contributed by atoms with Crippen LogP contribution in [0.5, 0.6) is 0 Å². The third-order valence-corrected chi connectivity index (χ3v) is 2.40. The summed E-state index contributed by atoms with van der Waals surface area (Å²) in [6.45, 7) is 1.41. The fourth-order valence-electron chi connectivity index (χ4n) is 1.50. The molecule has 0 radical (unpaired) electrons. The zero-order chi connectivity index (χ0) is 12.1. The highest BCUT2D eigenvalue weighted by atomic mass is 19.3. The first kappa shape index (κ1) is 12.7. The molecule has 16 heavy (non-hydrogen) atoms. The van der Waals surface area contributed by atoms with Crippen LogP contribution in [0.3, 0.4) is 0 Å². The molecular weight excluding hydrogens is 212 g/mol. The van der Waals surface area contributed by atoms with E-state index in [4.69, 9.17) is 5.73 Å². The first-order valence-corrected chi connectivity index (χ1v) is 5.09. The van der Waals surface area contributed by atoms with Crippen LogP contribution >= 0.6 is 0 Å². The van der Waals surface area contributed by atoms with Crippen LogP contribution in [-0.2, 0) is 0 Å². The van der Waals surface area contributed by atoms with Gasteiger partial charge in [0, 0.05) is 37.1 Å². The van der Waals surface area contributed by atoms with E-state index in [-0.39, 0.29) is 5.56 Å². The summed E-state index contributed by atoms with van der Waals surface area (Å²) in [6, 6.07) is 4.60. The van der Waals surface area contributed by atoms with Crippen molar-refractivity contribution in [1.29, 1.82) is 0 Å². The van der Waals surface area contributed by atoms with Crippen molar-refractivity contribution < 1.29 is 8.78 Å². The second-order valence-corrected chi connectivity index (χ2v) is 3.64. The number of alkyl halides is 2. The lowest BCUT2D eigenvalue weighted by Crippen LogP contribution is -2.27. The van der Waals surface area contributed by atoms with Gasteiger partial charge in [0.1, 0.15) is 0 Å². The maximum atomic E-state index is 12.8. The van der Waals surface area contributed by atoms with Crippen LogP contribution in [0.25, 0.3) is 0 Å². The quantitative estimate of drug-likeness (QED) is 0.757. The highest BCUT2D eigenvalue weighted by Crippen LogP contribution is 2.30. The van der Waals surface area contributed by atoms with Gasteiger partial charge in [0.15, 0.2) is 0 Å². The minimum atomic E-state index is -2.50. The molecule has 3 N–H and O–H groups in total. The maximum Gasteiger partial charge on any atom is 0.265 e. The molecule has 0 heterocycles. The number of nitrogens with two attached hydrogens (primary N) is 1. The van der Waals surface area contributed by atoms with Gasteiger partial charge in [-0.3, -0.25) is 0 Å².